The Morgan fingerprint density at radius 1 is 1.00 bits per heavy atom. The fourth-order valence-electron chi connectivity index (χ4n) is 3.95. The largest absolute Gasteiger partial charge is 0.378 e. The SMILES string of the molecule is O=C(Nc1nn(S(=O)(=O)c2ccccc2)c2c1CNC2)c1ccc(N2CCOCC2)cc1. The summed E-state index contributed by atoms with van der Waals surface area (Å²) >= 11 is 0. The van der Waals surface area contributed by atoms with Gasteiger partial charge in [0.2, 0.25) is 0 Å². The van der Waals surface area contributed by atoms with Gasteiger partial charge in [0.05, 0.1) is 23.8 Å². The van der Waals surface area contributed by atoms with Crippen LogP contribution in [0.25, 0.3) is 0 Å². The van der Waals surface area contributed by atoms with Gasteiger partial charge < -0.3 is 20.3 Å². The van der Waals surface area contributed by atoms with Gasteiger partial charge in [0.15, 0.2) is 5.82 Å². The lowest BCUT2D eigenvalue weighted by atomic mass is 10.1. The molecule has 1 aromatic heterocycles. The van der Waals surface area contributed by atoms with Crippen LogP contribution < -0.4 is 15.5 Å². The molecule has 3 heterocycles. The van der Waals surface area contributed by atoms with E-state index in [0.29, 0.717) is 43.1 Å². The predicted octanol–water partition coefficient (Wildman–Crippen LogP) is 1.81. The third kappa shape index (κ3) is 3.77. The van der Waals surface area contributed by atoms with Gasteiger partial charge in [0.25, 0.3) is 15.9 Å². The topological polar surface area (TPSA) is 106 Å². The Labute approximate surface area is 186 Å². The molecule has 2 aromatic carbocycles. The molecule has 0 radical (unpaired) electrons. The zero-order valence-electron chi connectivity index (χ0n) is 17.3. The molecular formula is C22H23N5O4S. The predicted molar refractivity (Wildman–Crippen MR) is 119 cm³/mol. The quantitative estimate of drug-likeness (QED) is 0.607. The average Bonchev–Trinajstić information content (AvgIpc) is 3.44. The van der Waals surface area contributed by atoms with Crippen LogP contribution in [0.4, 0.5) is 11.5 Å². The number of nitrogens with one attached hydrogen (secondary N) is 2. The Morgan fingerprint density at radius 3 is 2.44 bits per heavy atom. The van der Waals surface area contributed by atoms with Crippen molar-refractivity contribution in [3.8, 4) is 0 Å². The van der Waals surface area contributed by atoms with E-state index in [9.17, 15) is 13.2 Å². The van der Waals surface area contributed by atoms with E-state index in [1.54, 1.807) is 30.3 Å². The molecule has 0 atom stereocenters. The zero-order valence-corrected chi connectivity index (χ0v) is 18.1. The molecule has 166 valence electrons. The number of hydrogen-bond acceptors (Lipinski definition) is 7. The molecule has 9 nitrogen and oxygen atoms in total. The van der Waals surface area contributed by atoms with E-state index in [1.165, 1.54) is 12.1 Å². The van der Waals surface area contributed by atoms with Crippen molar-refractivity contribution >= 4 is 27.4 Å². The summed E-state index contributed by atoms with van der Waals surface area (Å²) in [6.45, 7) is 3.81. The fraction of sp³-hybridized carbons (Fsp3) is 0.273. The van der Waals surface area contributed by atoms with Crippen molar-refractivity contribution in [2.24, 2.45) is 0 Å². The van der Waals surface area contributed by atoms with E-state index in [-0.39, 0.29) is 16.6 Å². The number of ether oxygens (including phenoxy) is 1. The Balaban J connectivity index is 1.39. The number of aromatic nitrogens is 2. The van der Waals surface area contributed by atoms with E-state index >= 15 is 0 Å². The van der Waals surface area contributed by atoms with E-state index in [1.807, 2.05) is 12.1 Å². The number of carbonyl (C=O) groups is 1. The van der Waals surface area contributed by atoms with Gasteiger partial charge >= 0.3 is 0 Å². The maximum Gasteiger partial charge on any atom is 0.283 e. The number of anilines is 2. The number of hydrogen-bond donors (Lipinski definition) is 2. The fourth-order valence-corrected chi connectivity index (χ4v) is 5.30. The molecule has 2 aliphatic rings. The van der Waals surface area contributed by atoms with Gasteiger partial charge in [0.1, 0.15) is 0 Å². The van der Waals surface area contributed by atoms with Crippen molar-refractivity contribution in [2.75, 3.05) is 36.5 Å². The first-order valence-corrected chi connectivity index (χ1v) is 11.8. The molecule has 32 heavy (non-hydrogen) atoms. The summed E-state index contributed by atoms with van der Waals surface area (Å²) < 4.78 is 32.6. The summed E-state index contributed by atoms with van der Waals surface area (Å²) in [5.74, 6) is -0.0817. The monoisotopic (exact) mass is 453 g/mol. The molecule has 1 fully saturated rings. The molecule has 10 heteroatoms. The third-order valence-corrected chi connectivity index (χ3v) is 7.28. The van der Waals surface area contributed by atoms with Gasteiger partial charge in [-0.05, 0) is 36.4 Å². The standard InChI is InChI=1S/C22H23N5O4S/c28-22(16-6-8-17(9-7-16)26-10-12-31-13-11-26)24-21-19-14-23-15-20(19)27(25-21)32(29,30)18-4-2-1-3-5-18/h1-9,23H,10-15H2,(H,24,25,28). The molecule has 0 bridgehead atoms. The number of amides is 1. The van der Waals surface area contributed by atoms with Gasteiger partial charge in [-0.2, -0.15) is 12.5 Å². The lowest BCUT2D eigenvalue weighted by Gasteiger charge is -2.28. The Morgan fingerprint density at radius 2 is 1.72 bits per heavy atom. The summed E-state index contributed by atoms with van der Waals surface area (Å²) in [6, 6.07) is 15.5. The van der Waals surface area contributed by atoms with Crippen LogP contribution in [0.1, 0.15) is 21.6 Å². The zero-order chi connectivity index (χ0) is 22.1. The molecule has 2 N–H and O–H groups in total. The average molecular weight is 454 g/mol. The highest BCUT2D eigenvalue weighted by atomic mass is 32.2. The highest BCUT2D eigenvalue weighted by Crippen LogP contribution is 2.28. The highest BCUT2D eigenvalue weighted by molar-refractivity contribution is 7.89. The second-order valence-corrected chi connectivity index (χ2v) is 9.41. The van der Waals surface area contributed by atoms with Crippen molar-refractivity contribution in [1.29, 1.82) is 0 Å². The molecular weight excluding hydrogens is 430 g/mol. The van der Waals surface area contributed by atoms with Crippen LogP contribution in [0.15, 0.2) is 59.5 Å². The van der Waals surface area contributed by atoms with Gasteiger partial charge in [-0.25, -0.2) is 0 Å². The summed E-state index contributed by atoms with van der Waals surface area (Å²) in [4.78, 5) is 15.2. The van der Waals surface area contributed by atoms with E-state index in [0.717, 1.165) is 22.9 Å². The second-order valence-electron chi connectivity index (χ2n) is 7.64. The molecule has 2 aliphatic heterocycles. The Bertz CT molecular complexity index is 1230. The number of fused-ring (bicyclic) bond motifs is 1. The summed E-state index contributed by atoms with van der Waals surface area (Å²) in [5.41, 5.74) is 2.73. The van der Waals surface area contributed by atoms with Crippen LogP contribution >= 0.6 is 0 Å². The first-order valence-electron chi connectivity index (χ1n) is 10.4. The van der Waals surface area contributed by atoms with Crippen molar-refractivity contribution in [1.82, 2.24) is 14.5 Å². The highest BCUT2D eigenvalue weighted by Gasteiger charge is 2.30. The summed E-state index contributed by atoms with van der Waals surface area (Å²) in [7, 11) is -3.86. The van der Waals surface area contributed by atoms with Gasteiger partial charge in [-0.15, -0.1) is 5.10 Å². The van der Waals surface area contributed by atoms with Crippen LogP contribution in [0.3, 0.4) is 0 Å². The van der Waals surface area contributed by atoms with Crippen LogP contribution in [-0.2, 0) is 27.8 Å². The normalized spacial score (nSPS) is 16.1. The van der Waals surface area contributed by atoms with Crippen molar-refractivity contribution in [3.05, 3.63) is 71.4 Å². The molecule has 0 unspecified atom stereocenters. The molecule has 1 saturated heterocycles. The Kier molecular flexibility index (Phi) is 5.41. The number of benzene rings is 2. The van der Waals surface area contributed by atoms with Crippen LogP contribution in [0.5, 0.6) is 0 Å². The molecule has 1 amide bonds. The van der Waals surface area contributed by atoms with E-state index < -0.39 is 10.0 Å². The maximum absolute atomic E-state index is 13.1. The minimum Gasteiger partial charge on any atom is -0.378 e. The van der Waals surface area contributed by atoms with E-state index in [4.69, 9.17) is 4.74 Å². The summed E-state index contributed by atoms with van der Waals surface area (Å²) in [5, 5.41) is 10.2. The lowest BCUT2D eigenvalue weighted by Crippen LogP contribution is -2.36. The first kappa shape index (κ1) is 20.7. The minimum atomic E-state index is -3.86. The van der Waals surface area contributed by atoms with Crippen molar-refractivity contribution in [3.63, 3.8) is 0 Å². The van der Waals surface area contributed by atoms with Crippen molar-refractivity contribution < 1.29 is 17.9 Å². The van der Waals surface area contributed by atoms with Crippen LogP contribution in [0.2, 0.25) is 0 Å². The molecule has 5 rings (SSSR count). The molecule has 0 spiro atoms. The van der Waals surface area contributed by atoms with Crippen molar-refractivity contribution in [2.45, 2.75) is 18.0 Å². The van der Waals surface area contributed by atoms with Crippen LogP contribution in [-0.4, -0.2) is 49.8 Å². The smallest absolute Gasteiger partial charge is 0.283 e. The number of morpholine rings is 1. The number of rotatable bonds is 5. The van der Waals surface area contributed by atoms with Gasteiger partial charge in [0, 0.05) is 43.0 Å². The molecule has 3 aromatic rings. The molecule has 0 aliphatic carbocycles. The first-order chi connectivity index (χ1) is 15.5. The maximum atomic E-state index is 13.1. The number of carbonyl (C=O) groups excluding carboxylic acids is 1. The van der Waals surface area contributed by atoms with Gasteiger partial charge in [-0.1, -0.05) is 18.2 Å². The molecule has 0 saturated carbocycles. The second kappa shape index (κ2) is 8.38. The summed E-state index contributed by atoms with van der Waals surface area (Å²) in [6.07, 6.45) is 0. The minimum absolute atomic E-state index is 0.147. The third-order valence-electron chi connectivity index (χ3n) is 5.66. The van der Waals surface area contributed by atoms with E-state index in [2.05, 4.69) is 20.6 Å². The number of nitrogens with zero attached hydrogens (tertiary/aromatic N) is 3. The Hall–Kier alpha value is -3.21. The van der Waals surface area contributed by atoms with Gasteiger partial charge in [-0.3, -0.25) is 4.79 Å². The van der Waals surface area contributed by atoms with Crippen LogP contribution in [0, 0.1) is 0 Å². The lowest BCUT2D eigenvalue weighted by molar-refractivity contribution is 0.102.